The Bertz CT molecular complexity index is 6660. The van der Waals surface area contributed by atoms with Crippen molar-refractivity contribution in [1.82, 2.24) is 29.5 Å². The number of fused-ring (bicyclic) bond motifs is 1. The summed E-state index contributed by atoms with van der Waals surface area (Å²) >= 11 is 5.82. The third-order valence-electron chi connectivity index (χ3n) is 17.6. The molecule has 10 aromatic carbocycles. The summed E-state index contributed by atoms with van der Waals surface area (Å²) in [5, 5.41) is 22.5. The van der Waals surface area contributed by atoms with Crippen molar-refractivity contribution in [2.45, 2.75) is 64.4 Å². The quantitative estimate of drug-likeness (QED) is 0.0498. The van der Waals surface area contributed by atoms with Crippen molar-refractivity contribution >= 4 is 100 Å². The van der Waals surface area contributed by atoms with Crippen LogP contribution in [0.3, 0.4) is 0 Å². The molecule has 0 spiro atoms. The van der Waals surface area contributed by atoms with Gasteiger partial charge in [0.1, 0.15) is 35.3 Å². The molecular formula is C82H71ClF3N9O18S6. The molecule has 13 aromatic rings. The van der Waals surface area contributed by atoms with Crippen molar-refractivity contribution in [3.8, 4) is 73.2 Å². The molecule has 15 rings (SSSR count). The van der Waals surface area contributed by atoms with Gasteiger partial charge in [-0.1, -0.05) is 187 Å². The van der Waals surface area contributed by atoms with Crippen molar-refractivity contribution in [1.29, 1.82) is 0 Å². The maximum absolute atomic E-state index is 13.1. The zero-order valence-electron chi connectivity index (χ0n) is 63.2. The SMILES string of the molecule is CCC(=O)NS(=O)(=O)c1ccc(-c2c(-c3ccccc3)noc2C)cc1.CS(=O)(=O)Nc1cc2c(cc1Oc1ccccc1)S(=O)(=O)NC2.CS(=O)(=O)c1ccc(C2=C(c3ccccc3)C(=O)OC2)cc1.Cc1onc(-c2ccccc2)c1-c1ccc(S(N)(=O)=O)cc1.NS(=O)(=O)c1ccc(-n2nc(C(F)(F)F)cc2-c2ccc(Cl)cc2)cc1. The maximum Gasteiger partial charge on any atom is 0.435 e. The largest absolute Gasteiger partial charge is 0.457 e. The number of hydrogen-bond acceptors (Lipinski definition) is 21. The van der Waals surface area contributed by atoms with Gasteiger partial charge in [0.15, 0.2) is 21.3 Å². The molecule has 27 nitrogen and oxygen atoms in total. The average Bonchev–Trinajstić information content (AvgIpc) is 1.65. The first kappa shape index (κ1) is 87.6. The van der Waals surface area contributed by atoms with Crippen molar-refractivity contribution < 1.29 is 91.8 Å². The predicted molar refractivity (Wildman–Crippen MR) is 441 cm³/mol. The first-order chi connectivity index (χ1) is 56.1. The number of amides is 1. The van der Waals surface area contributed by atoms with E-state index < -0.39 is 77.7 Å². The number of esters is 1. The number of ether oxygens (including phenoxy) is 2. The van der Waals surface area contributed by atoms with Crippen LogP contribution in [0.5, 0.6) is 11.5 Å². The Hall–Kier alpha value is -12.2. The lowest BCUT2D eigenvalue weighted by Gasteiger charge is -2.13. The molecule has 0 atom stereocenters. The highest BCUT2D eigenvalue weighted by atomic mass is 35.5. The van der Waals surface area contributed by atoms with E-state index in [-0.39, 0.29) is 72.8 Å². The fourth-order valence-corrected chi connectivity index (χ4v) is 16.5. The highest BCUT2D eigenvalue weighted by Crippen LogP contribution is 2.41. The number of halogens is 4. The highest BCUT2D eigenvalue weighted by Gasteiger charge is 2.36. The molecular weight excluding hydrogens is 1680 g/mol. The van der Waals surface area contributed by atoms with Gasteiger partial charge in [0.25, 0.3) is 10.0 Å². The second-order valence-corrected chi connectivity index (χ2v) is 36.9. The van der Waals surface area contributed by atoms with Crippen molar-refractivity contribution in [3.05, 3.63) is 300 Å². The Morgan fingerprint density at radius 3 is 1.48 bits per heavy atom. The van der Waals surface area contributed by atoms with E-state index in [0.29, 0.717) is 44.7 Å². The van der Waals surface area contributed by atoms with Crippen LogP contribution in [0.4, 0.5) is 18.9 Å². The van der Waals surface area contributed by atoms with Crippen LogP contribution in [0.2, 0.25) is 5.02 Å². The number of nitrogens with one attached hydrogen (secondary N) is 3. The number of anilines is 1. The summed E-state index contributed by atoms with van der Waals surface area (Å²) in [6.07, 6.45) is -2.36. The molecule has 0 saturated carbocycles. The van der Waals surface area contributed by atoms with Crippen LogP contribution in [0.15, 0.2) is 294 Å². The Balaban J connectivity index is 0.000000146. The number of alkyl halides is 3. The van der Waals surface area contributed by atoms with Gasteiger partial charge in [0.2, 0.25) is 46.0 Å². The Morgan fingerprint density at radius 1 is 0.571 bits per heavy atom. The number of cyclic esters (lactones) is 1. The number of sulfone groups is 1. The first-order valence-corrected chi connectivity index (χ1v) is 45.4. The van der Waals surface area contributed by atoms with E-state index in [9.17, 15) is 73.3 Å². The number of sulfonamides is 5. The summed E-state index contributed by atoms with van der Waals surface area (Å²) in [6.45, 7) is 5.53. The van der Waals surface area contributed by atoms with Crippen LogP contribution < -0.4 is 29.2 Å². The third-order valence-corrected chi connectivity index (χ3v) is 24.3. The molecule has 119 heavy (non-hydrogen) atoms. The van der Waals surface area contributed by atoms with Crippen LogP contribution in [-0.4, -0.2) is 102 Å². The number of nitrogens with two attached hydrogens (primary N) is 2. The van der Waals surface area contributed by atoms with Gasteiger partial charge in [-0.15, -0.1) is 0 Å². The van der Waals surface area contributed by atoms with Gasteiger partial charge < -0.3 is 18.5 Å². The Kier molecular flexibility index (Phi) is 26.7. The Labute approximate surface area is 688 Å². The summed E-state index contributed by atoms with van der Waals surface area (Å²) in [4.78, 5) is 23.7. The van der Waals surface area contributed by atoms with Gasteiger partial charge in [-0.05, 0) is 139 Å². The van der Waals surface area contributed by atoms with Crippen LogP contribution in [0.25, 0.3) is 72.9 Å². The maximum atomic E-state index is 13.1. The second kappa shape index (κ2) is 36.3. The van der Waals surface area contributed by atoms with Crippen molar-refractivity contribution in [2.24, 2.45) is 10.3 Å². The molecule has 0 fully saturated rings. The smallest absolute Gasteiger partial charge is 0.435 e. The van der Waals surface area contributed by atoms with Crippen LogP contribution in [0, 0.1) is 13.8 Å². The van der Waals surface area contributed by atoms with E-state index in [4.69, 9.17) is 40.4 Å². The van der Waals surface area contributed by atoms with Gasteiger partial charge >= 0.3 is 12.1 Å². The zero-order valence-corrected chi connectivity index (χ0v) is 68.9. The number of aryl methyl sites for hydroxylation is 2. The minimum atomic E-state index is -4.63. The van der Waals surface area contributed by atoms with E-state index in [0.717, 1.165) is 72.8 Å². The third kappa shape index (κ3) is 22.1. The van der Waals surface area contributed by atoms with Crippen molar-refractivity contribution in [2.75, 3.05) is 23.8 Å². The minimum absolute atomic E-state index is 0.0263. The van der Waals surface area contributed by atoms with E-state index in [1.165, 1.54) is 66.9 Å². The van der Waals surface area contributed by atoms with Gasteiger partial charge in [-0.2, -0.15) is 18.3 Å². The molecule has 616 valence electrons. The lowest BCUT2D eigenvalue weighted by molar-refractivity contribution is -0.141. The normalized spacial score (nSPS) is 13.2. The first-order valence-electron chi connectivity index (χ1n) is 35.2. The predicted octanol–water partition coefficient (Wildman–Crippen LogP) is 14.6. The monoisotopic (exact) mass is 1750 g/mol. The summed E-state index contributed by atoms with van der Waals surface area (Å²) in [5.41, 5.74) is 9.90. The van der Waals surface area contributed by atoms with Gasteiger partial charge in [-0.3, -0.25) is 9.52 Å². The summed E-state index contributed by atoms with van der Waals surface area (Å²) in [5.74, 6) is 0.990. The lowest BCUT2D eigenvalue weighted by Crippen LogP contribution is -2.29. The lowest BCUT2D eigenvalue weighted by atomic mass is 9.97. The van der Waals surface area contributed by atoms with Crippen LogP contribution in [0.1, 0.15) is 47.2 Å². The molecule has 0 aliphatic carbocycles. The van der Waals surface area contributed by atoms with Crippen LogP contribution >= 0.6 is 11.6 Å². The number of rotatable bonds is 18. The highest BCUT2D eigenvalue weighted by molar-refractivity contribution is 7.92. The fourth-order valence-electron chi connectivity index (χ4n) is 11.9. The molecule has 2 aliphatic heterocycles. The topological polar surface area (TPSA) is 415 Å². The molecule has 5 heterocycles. The zero-order chi connectivity index (χ0) is 86.0. The average molecular weight is 1760 g/mol. The van der Waals surface area contributed by atoms with Gasteiger partial charge in [-0.25, -0.2) is 79.7 Å². The number of hydrogen-bond donors (Lipinski definition) is 5. The molecule has 3 aromatic heterocycles. The van der Waals surface area contributed by atoms with E-state index in [1.54, 1.807) is 117 Å². The molecule has 37 heteroatoms. The summed E-state index contributed by atoms with van der Waals surface area (Å²) < 4.78 is 208. The standard InChI is InChI=1S/C19H18N2O4S.C17H14O4S.C16H11ClF3N3O2S.C16H14N2O3S.C14H14N2O5S2/c1-3-17(22)21-26(23,24)16-11-9-14(10-12-16)18-13(2)25-20-19(18)15-7-5-4-6-8-15;1-22(19,20)14-9-7-12(8-10-14)15-11-21-17(18)16(15)13-5-3-2-4-6-13;17-11-3-1-10(2-4-11)14-9-15(16(18,19)20)22-23(14)12-5-7-13(8-6-12)26(21,24)25;1-11-15(12-7-9-14(10-8-12)22(17,19)20)16(18-21-11)13-5-3-2-4-6-13;1-22(17,18)16-12-7-10-9-15-23(19,20)14(10)8-13(12)21-11-5-3-2-4-6-11/h4-12H,3H2,1-2H3,(H,21,22);2-10H,11H2,1H3;1-9H,(H2,21,24,25);2-10H,1H3,(H2,17,19,20);2-8,15-16H,9H2,1H3. The van der Waals surface area contributed by atoms with Crippen molar-refractivity contribution in [3.63, 3.8) is 0 Å². The van der Waals surface area contributed by atoms with Crippen LogP contribution in [-0.2, 0) is 87.0 Å². The second-order valence-electron chi connectivity index (χ2n) is 26.2. The van der Waals surface area contributed by atoms with E-state index >= 15 is 0 Å². The molecule has 0 saturated heterocycles. The number of primary sulfonamides is 2. The molecule has 1 amide bonds. The van der Waals surface area contributed by atoms with Gasteiger partial charge in [0.05, 0.1) is 64.5 Å². The Morgan fingerprint density at radius 2 is 1.02 bits per heavy atom. The number of carbonyl (C=O) groups excluding carboxylic acids is 2. The number of aromatic nitrogens is 4. The molecule has 2 aliphatic rings. The molecule has 0 radical (unpaired) electrons. The molecule has 0 bridgehead atoms. The summed E-state index contributed by atoms with van der Waals surface area (Å²) in [6, 6.07) is 71.4. The van der Waals surface area contributed by atoms with E-state index in [2.05, 4.69) is 24.9 Å². The number of nitrogens with zero attached hydrogens (tertiary/aromatic N) is 4. The molecule has 0 unspecified atom stereocenters. The van der Waals surface area contributed by atoms with Gasteiger partial charge in [0, 0.05) is 52.6 Å². The number of benzene rings is 10. The number of carbonyl (C=O) groups is 2. The minimum Gasteiger partial charge on any atom is -0.457 e. The van der Waals surface area contributed by atoms with E-state index in [1.807, 2.05) is 103 Å². The fraction of sp³-hybridized carbons (Fsp3) is 0.110. The summed E-state index contributed by atoms with van der Waals surface area (Å²) in [7, 11) is -21.8. The number of para-hydroxylation sites is 1. The molecule has 7 N–H and O–H groups in total.